The summed E-state index contributed by atoms with van der Waals surface area (Å²) in [4.78, 5) is 4.10. The molecule has 2 saturated carbocycles. The van der Waals surface area contributed by atoms with Crippen molar-refractivity contribution in [3.63, 3.8) is 0 Å². The van der Waals surface area contributed by atoms with Crippen LogP contribution in [0.1, 0.15) is 68.7 Å². The first kappa shape index (κ1) is 37.5. The largest absolute Gasteiger partial charge is 4.00 e. The summed E-state index contributed by atoms with van der Waals surface area (Å²) in [5.74, 6) is 8.66. The van der Waals surface area contributed by atoms with E-state index in [0.717, 1.165) is 70.6 Å². The van der Waals surface area contributed by atoms with Gasteiger partial charge in [-0.15, -0.1) is 5.04 Å². The summed E-state index contributed by atoms with van der Waals surface area (Å²) in [5.41, 5.74) is 0. The van der Waals surface area contributed by atoms with Crippen molar-refractivity contribution in [2.45, 2.75) is 68.7 Å². The van der Waals surface area contributed by atoms with Crippen LogP contribution in [0.4, 0.5) is 0 Å². The van der Waals surface area contributed by atoms with Gasteiger partial charge in [-0.25, -0.2) is 0 Å². The van der Waals surface area contributed by atoms with Crippen LogP contribution in [-0.2, 0) is 38.8 Å². The van der Waals surface area contributed by atoms with E-state index in [4.69, 9.17) is 12.6 Å². The molecule has 0 heterocycles. The van der Waals surface area contributed by atoms with Gasteiger partial charge in [0, 0.05) is 7.05 Å². The third-order valence-electron chi connectivity index (χ3n) is 9.25. The summed E-state index contributed by atoms with van der Waals surface area (Å²) >= 11 is 5.21. The average molecular weight is 551 g/mol. The molecule has 0 radical (unpaired) electrons. The van der Waals surface area contributed by atoms with Crippen LogP contribution in [0.5, 0.6) is 0 Å². The minimum absolute atomic E-state index is 0. The molecule has 1 nitrogen and oxygen atoms in total. The Balaban J connectivity index is -0.000000418. The molecule has 0 bridgehead atoms. The molecule has 3 rings (SSSR count). The fraction of sp³-hybridized carbons (Fsp3) is 0.700. The Morgan fingerprint density at radius 1 is 0.636 bits per heavy atom. The topological polar surface area (TPSA) is 12.4 Å². The molecule has 3 heteroatoms. The maximum Gasteiger partial charge on any atom is 4.00 e. The summed E-state index contributed by atoms with van der Waals surface area (Å²) in [5, 5.41) is 0.898. The minimum atomic E-state index is 0. The number of aliphatic imine (C=N–C) groups is 1. The van der Waals surface area contributed by atoms with Crippen LogP contribution < -0.4 is 0 Å². The summed E-state index contributed by atoms with van der Waals surface area (Å²) in [7, 11) is 1.81. The van der Waals surface area contributed by atoms with Crippen LogP contribution in [0.25, 0.3) is 0 Å². The molecule has 0 saturated heterocycles. The fourth-order valence-electron chi connectivity index (χ4n) is 5.62. The van der Waals surface area contributed by atoms with E-state index in [9.17, 15) is 0 Å². The van der Waals surface area contributed by atoms with E-state index in [0.29, 0.717) is 0 Å². The van der Waals surface area contributed by atoms with Crippen molar-refractivity contribution in [2.75, 3.05) is 7.05 Å². The van der Waals surface area contributed by atoms with Crippen LogP contribution in [0, 0.1) is 80.1 Å². The molecule has 1 aromatic rings. The van der Waals surface area contributed by atoms with Gasteiger partial charge in [-0.05, 0) is 65.6 Å². The van der Waals surface area contributed by atoms with Crippen molar-refractivity contribution < 1.29 is 26.2 Å². The third-order valence-corrected chi connectivity index (χ3v) is 9.60. The van der Waals surface area contributed by atoms with Gasteiger partial charge in [-0.2, -0.15) is 36.4 Å². The average Bonchev–Trinajstić information content (AvgIpc) is 3.05. The number of nitrogens with zero attached hydrogens (tertiary/aromatic N) is 1. The molecule has 0 amide bonds. The maximum absolute atomic E-state index is 5.21. The van der Waals surface area contributed by atoms with Crippen molar-refractivity contribution in [1.82, 2.24) is 0 Å². The first-order valence-electron chi connectivity index (χ1n) is 12.1. The van der Waals surface area contributed by atoms with E-state index in [1.165, 1.54) is 0 Å². The number of hydrogen-bond acceptors (Lipinski definition) is 2. The first-order valence-corrected chi connectivity index (χ1v) is 12.5. The van der Waals surface area contributed by atoms with E-state index >= 15 is 0 Å². The van der Waals surface area contributed by atoms with E-state index in [1.54, 1.807) is 7.05 Å². The predicted molar refractivity (Wildman–Crippen MR) is 149 cm³/mol. The van der Waals surface area contributed by atoms with E-state index in [2.05, 4.69) is 73.4 Å². The Kier molecular flexibility index (Phi) is 20.8. The molecule has 33 heavy (non-hydrogen) atoms. The van der Waals surface area contributed by atoms with Gasteiger partial charge in [-0.1, -0.05) is 62.3 Å². The van der Waals surface area contributed by atoms with Crippen LogP contribution in [0.3, 0.4) is 0 Å². The second-order valence-electron chi connectivity index (χ2n) is 10.3. The van der Waals surface area contributed by atoms with Crippen molar-refractivity contribution in [3.8, 4) is 0 Å². The monoisotopic (exact) mass is 549 g/mol. The fourth-order valence-corrected chi connectivity index (χ4v) is 5.81. The van der Waals surface area contributed by atoms with Gasteiger partial charge >= 0.3 is 26.2 Å². The summed E-state index contributed by atoms with van der Waals surface area (Å²) in [6, 6.07) is 12.5. The normalized spacial score (nSPS) is 37.1. The molecule has 2 aliphatic carbocycles. The van der Waals surface area contributed by atoms with Crippen molar-refractivity contribution in [3.05, 3.63) is 51.3 Å². The maximum atomic E-state index is 5.21. The standard InChI is InChI=1S/C12H23NS.C10H20.C6H5.2CH3.Zr/c1-7-8(2)10(4)11(9(7)3)6-12(14)13-5;1-6-7(2)9(4)10(5)8(6)3;1-2-4-6-5-3-1;;;/h7-11H,6H2,1-5H3,(H,13,14);6-10H,1-5H3;1-5H;2*1H3;/q;;3*-1;+4/p-1. The molecule has 0 N–H and O–H groups in total. The first-order chi connectivity index (χ1) is 14.0. The third kappa shape index (κ3) is 10.6. The van der Waals surface area contributed by atoms with Gasteiger partial charge in [0.15, 0.2) is 0 Å². The van der Waals surface area contributed by atoms with E-state index in [1.807, 2.05) is 30.3 Å². The zero-order valence-electron chi connectivity index (χ0n) is 23.7. The quantitative estimate of drug-likeness (QED) is 0.155. The number of rotatable bonds is 2. The Morgan fingerprint density at radius 3 is 1.15 bits per heavy atom. The van der Waals surface area contributed by atoms with Crippen molar-refractivity contribution in [2.24, 2.45) is 64.2 Å². The Bertz CT molecular complexity index is 533. The summed E-state index contributed by atoms with van der Waals surface area (Å²) in [6.45, 7) is 21.5. The van der Waals surface area contributed by atoms with E-state index < -0.39 is 0 Å². The predicted octanol–water partition coefficient (Wildman–Crippen LogP) is 8.69. The molecule has 1 aromatic carbocycles. The number of benzene rings is 1. The Hall–Kier alpha value is -0.00688. The van der Waals surface area contributed by atoms with Crippen LogP contribution in [0.15, 0.2) is 35.3 Å². The van der Waals surface area contributed by atoms with Gasteiger partial charge in [0.25, 0.3) is 0 Å². The Morgan fingerprint density at radius 2 is 0.939 bits per heavy atom. The Labute approximate surface area is 234 Å². The molecule has 0 aromatic heterocycles. The van der Waals surface area contributed by atoms with Crippen LogP contribution >= 0.6 is 0 Å². The van der Waals surface area contributed by atoms with Gasteiger partial charge < -0.3 is 32.5 Å². The van der Waals surface area contributed by atoms with Gasteiger partial charge in [0.1, 0.15) is 0 Å². The molecule has 4 unspecified atom stereocenters. The van der Waals surface area contributed by atoms with Gasteiger partial charge in [0.05, 0.1) is 0 Å². The van der Waals surface area contributed by atoms with Gasteiger partial charge in [-0.3, -0.25) is 0 Å². The molecular formula is C30H53NSZr. The summed E-state index contributed by atoms with van der Waals surface area (Å²) < 4.78 is 0. The van der Waals surface area contributed by atoms with E-state index in [-0.39, 0.29) is 41.1 Å². The smallest absolute Gasteiger partial charge is 0.765 e. The molecule has 0 spiro atoms. The molecule has 2 aliphatic rings. The minimum Gasteiger partial charge on any atom is -0.765 e. The van der Waals surface area contributed by atoms with Crippen molar-refractivity contribution >= 4 is 17.7 Å². The molecule has 188 valence electrons. The second kappa shape index (κ2) is 18.3. The molecule has 2 fully saturated rings. The molecule has 0 aliphatic heterocycles. The summed E-state index contributed by atoms with van der Waals surface area (Å²) in [6.07, 6.45) is 1.02. The van der Waals surface area contributed by atoms with Crippen LogP contribution in [0.2, 0.25) is 0 Å². The zero-order chi connectivity index (χ0) is 23.0. The SMILES string of the molecule is CC1C(C)C(C)C(C)C1C.CN=C([S-])CC1C(C)C(C)C(C)C1C.[CH3-].[CH3-].[Zr+4].[c-]1ccccc1. The number of hydrogen-bond donors (Lipinski definition) is 0. The second-order valence-corrected chi connectivity index (χ2v) is 10.8. The van der Waals surface area contributed by atoms with Crippen molar-refractivity contribution in [1.29, 1.82) is 0 Å². The molecular weight excluding hydrogens is 498 g/mol. The van der Waals surface area contributed by atoms with Gasteiger partial charge in [0.2, 0.25) is 0 Å². The molecule has 4 atom stereocenters. The van der Waals surface area contributed by atoms with Crippen LogP contribution in [-0.4, -0.2) is 12.1 Å². The zero-order valence-corrected chi connectivity index (χ0v) is 27.0.